The molecule has 1 fully saturated rings. The first-order valence-electron chi connectivity index (χ1n) is 9.14. The summed E-state index contributed by atoms with van der Waals surface area (Å²) in [4.78, 5) is 25.4. The first-order chi connectivity index (χ1) is 13.1. The zero-order valence-electron chi connectivity index (χ0n) is 16.0. The van der Waals surface area contributed by atoms with Crippen molar-refractivity contribution in [1.82, 2.24) is 14.9 Å². The predicted molar refractivity (Wildman–Crippen MR) is 105 cm³/mol. The number of nitrogens with zero attached hydrogens (tertiary/aromatic N) is 3. The highest BCUT2D eigenvalue weighted by Gasteiger charge is 2.22. The highest BCUT2D eigenvalue weighted by Crippen LogP contribution is 2.34. The van der Waals surface area contributed by atoms with E-state index in [2.05, 4.69) is 10.2 Å². The lowest BCUT2D eigenvalue weighted by molar-refractivity contribution is 0.0331. The molecule has 1 aliphatic heterocycles. The Balaban J connectivity index is 1.95. The van der Waals surface area contributed by atoms with Gasteiger partial charge in [0, 0.05) is 26.7 Å². The summed E-state index contributed by atoms with van der Waals surface area (Å²) in [6, 6.07) is 0. The second-order valence-corrected chi connectivity index (χ2v) is 7.25. The summed E-state index contributed by atoms with van der Waals surface area (Å²) < 4.78 is 15.7. The van der Waals surface area contributed by atoms with Gasteiger partial charge in [-0.05, 0) is 19.4 Å². The maximum absolute atomic E-state index is 12.3. The Hall–Kier alpha value is -1.81. The molecule has 3 rings (SSSR count). The molecule has 3 heterocycles. The lowest BCUT2D eigenvalue weighted by Crippen LogP contribution is -2.36. The number of carbonyl (C=O) groups excluding carboxylic acids is 1. The zero-order valence-corrected chi connectivity index (χ0v) is 16.9. The van der Waals surface area contributed by atoms with Gasteiger partial charge in [0.2, 0.25) is 0 Å². The van der Waals surface area contributed by atoms with Crippen LogP contribution in [0.1, 0.15) is 28.0 Å². The normalized spacial score (nSPS) is 15.2. The molecule has 2 aromatic heterocycles. The molecule has 1 N–H and O–H groups in total. The summed E-state index contributed by atoms with van der Waals surface area (Å²) in [5.41, 5.74) is 0.853. The number of aryl methyl sites for hydroxylation is 1. The molecule has 0 bridgehead atoms. The second kappa shape index (κ2) is 9.41. The van der Waals surface area contributed by atoms with Gasteiger partial charge in [0.25, 0.3) is 0 Å². The number of anilines is 1. The number of methoxy groups -OCH3 is 1. The van der Waals surface area contributed by atoms with Crippen molar-refractivity contribution < 1.29 is 19.0 Å². The fraction of sp³-hybridized carbons (Fsp3) is 0.611. The molecule has 2 aromatic rings. The van der Waals surface area contributed by atoms with Crippen LogP contribution >= 0.6 is 11.3 Å². The minimum absolute atomic E-state index is 0.310. The number of hydrogen-bond acceptors (Lipinski definition) is 9. The number of thiophene rings is 1. The van der Waals surface area contributed by atoms with Crippen molar-refractivity contribution in [3.05, 3.63) is 16.3 Å². The maximum Gasteiger partial charge on any atom is 0.348 e. The highest BCUT2D eigenvalue weighted by molar-refractivity contribution is 7.20. The minimum Gasteiger partial charge on any atom is -0.462 e. The number of ether oxygens (including phenoxy) is 3. The molecule has 0 aliphatic carbocycles. The molecule has 1 saturated heterocycles. The van der Waals surface area contributed by atoms with Crippen LogP contribution in [-0.4, -0.2) is 74.0 Å². The fourth-order valence-electron chi connectivity index (χ4n) is 3.00. The van der Waals surface area contributed by atoms with E-state index in [-0.39, 0.29) is 5.97 Å². The van der Waals surface area contributed by atoms with Crippen LogP contribution in [0.5, 0.6) is 0 Å². The molecule has 0 saturated carbocycles. The summed E-state index contributed by atoms with van der Waals surface area (Å²) in [5.74, 6) is 1.17. The van der Waals surface area contributed by atoms with Crippen LogP contribution in [0.4, 0.5) is 5.82 Å². The molecule has 9 heteroatoms. The Morgan fingerprint density at radius 2 is 2.11 bits per heavy atom. The van der Waals surface area contributed by atoms with E-state index < -0.39 is 0 Å². The molecule has 27 heavy (non-hydrogen) atoms. The Labute approximate surface area is 162 Å². The first-order valence-corrected chi connectivity index (χ1v) is 9.95. The SMILES string of the molecule is CCOC(=O)c1sc2nc(CN3CCOCC3)nc(NCCOC)c2c1C. The number of carbonyl (C=O) groups is 1. The monoisotopic (exact) mass is 394 g/mol. The van der Waals surface area contributed by atoms with Crippen molar-refractivity contribution in [2.75, 3.05) is 58.5 Å². The predicted octanol–water partition coefficient (Wildman–Crippen LogP) is 2.07. The van der Waals surface area contributed by atoms with Crippen molar-refractivity contribution in [3.8, 4) is 0 Å². The van der Waals surface area contributed by atoms with E-state index in [0.29, 0.717) is 31.2 Å². The van der Waals surface area contributed by atoms with Crippen LogP contribution in [-0.2, 0) is 20.8 Å². The van der Waals surface area contributed by atoms with Gasteiger partial charge in [0.15, 0.2) is 0 Å². The number of esters is 1. The van der Waals surface area contributed by atoms with Crippen molar-refractivity contribution in [3.63, 3.8) is 0 Å². The van der Waals surface area contributed by atoms with Crippen LogP contribution in [0, 0.1) is 6.92 Å². The Morgan fingerprint density at radius 3 is 2.81 bits per heavy atom. The molecule has 0 atom stereocenters. The zero-order chi connectivity index (χ0) is 19.2. The number of fused-ring (bicyclic) bond motifs is 1. The second-order valence-electron chi connectivity index (χ2n) is 6.25. The van der Waals surface area contributed by atoms with E-state index >= 15 is 0 Å². The van der Waals surface area contributed by atoms with E-state index in [1.807, 2.05) is 6.92 Å². The van der Waals surface area contributed by atoms with Crippen molar-refractivity contribution >= 4 is 33.3 Å². The summed E-state index contributed by atoms with van der Waals surface area (Å²) in [5, 5.41) is 4.21. The number of rotatable bonds is 8. The fourth-order valence-corrected chi connectivity index (χ4v) is 4.10. The van der Waals surface area contributed by atoms with Gasteiger partial charge in [-0.2, -0.15) is 0 Å². The average Bonchev–Trinajstić information content (AvgIpc) is 3.00. The van der Waals surface area contributed by atoms with Gasteiger partial charge in [-0.25, -0.2) is 14.8 Å². The van der Waals surface area contributed by atoms with E-state index in [4.69, 9.17) is 24.2 Å². The molecule has 0 spiro atoms. The number of morpholine rings is 1. The third-order valence-electron chi connectivity index (χ3n) is 4.36. The lowest BCUT2D eigenvalue weighted by Gasteiger charge is -2.25. The Kier molecular flexibility index (Phi) is 6.95. The minimum atomic E-state index is -0.310. The number of hydrogen-bond donors (Lipinski definition) is 1. The van der Waals surface area contributed by atoms with Crippen molar-refractivity contribution in [2.24, 2.45) is 0 Å². The summed E-state index contributed by atoms with van der Waals surface area (Å²) in [6.07, 6.45) is 0. The van der Waals surface area contributed by atoms with Gasteiger partial charge in [-0.15, -0.1) is 11.3 Å². The van der Waals surface area contributed by atoms with E-state index in [1.54, 1.807) is 14.0 Å². The summed E-state index contributed by atoms with van der Waals surface area (Å²) in [7, 11) is 1.66. The van der Waals surface area contributed by atoms with Gasteiger partial charge in [0.05, 0.1) is 38.4 Å². The van der Waals surface area contributed by atoms with Gasteiger partial charge < -0.3 is 19.5 Å². The first kappa shape index (κ1) is 19.9. The van der Waals surface area contributed by atoms with E-state index in [0.717, 1.165) is 53.7 Å². The maximum atomic E-state index is 12.3. The van der Waals surface area contributed by atoms with E-state index in [1.165, 1.54) is 11.3 Å². The molecule has 0 aromatic carbocycles. The Bertz CT molecular complexity index is 789. The van der Waals surface area contributed by atoms with Gasteiger partial charge in [0.1, 0.15) is 21.3 Å². The molecule has 0 unspecified atom stereocenters. The standard InChI is InChI=1S/C18H26N4O4S/c1-4-26-18(23)15-12(2)14-16(19-5-8-24-3)20-13(21-17(14)27-15)11-22-6-9-25-10-7-22/h4-11H2,1-3H3,(H,19,20,21). The quantitative estimate of drug-likeness (QED) is 0.538. The molecule has 8 nitrogen and oxygen atoms in total. The highest BCUT2D eigenvalue weighted by atomic mass is 32.1. The summed E-state index contributed by atoms with van der Waals surface area (Å²) >= 11 is 1.36. The number of nitrogens with one attached hydrogen (secondary N) is 1. The lowest BCUT2D eigenvalue weighted by atomic mass is 10.2. The Morgan fingerprint density at radius 1 is 1.33 bits per heavy atom. The largest absolute Gasteiger partial charge is 0.462 e. The van der Waals surface area contributed by atoms with Crippen molar-refractivity contribution in [1.29, 1.82) is 0 Å². The average molecular weight is 394 g/mol. The number of aromatic nitrogens is 2. The summed E-state index contributed by atoms with van der Waals surface area (Å²) in [6.45, 7) is 9.11. The topological polar surface area (TPSA) is 85.8 Å². The molecular formula is C18H26N4O4S. The smallest absolute Gasteiger partial charge is 0.348 e. The molecular weight excluding hydrogens is 368 g/mol. The van der Waals surface area contributed by atoms with Crippen LogP contribution in [0.2, 0.25) is 0 Å². The third kappa shape index (κ3) is 4.73. The third-order valence-corrected chi connectivity index (χ3v) is 5.53. The van der Waals surface area contributed by atoms with Crippen molar-refractivity contribution in [2.45, 2.75) is 20.4 Å². The molecule has 0 amide bonds. The van der Waals surface area contributed by atoms with Crippen LogP contribution in [0.3, 0.4) is 0 Å². The molecule has 0 radical (unpaired) electrons. The van der Waals surface area contributed by atoms with Gasteiger partial charge >= 0.3 is 5.97 Å². The molecule has 148 valence electrons. The van der Waals surface area contributed by atoms with Gasteiger partial charge in [-0.1, -0.05) is 0 Å². The van der Waals surface area contributed by atoms with Gasteiger partial charge in [-0.3, -0.25) is 4.90 Å². The van der Waals surface area contributed by atoms with Crippen LogP contribution in [0.25, 0.3) is 10.2 Å². The molecule has 1 aliphatic rings. The van der Waals surface area contributed by atoms with E-state index in [9.17, 15) is 4.79 Å². The van der Waals surface area contributed by atoms with Crippen LogP contribution < -0.4 is 5.32 Å². The van der Waals surface area contributed by atoms with Crippen LogP contribution in [0.15, 0.2) is 0 Å².